The number of hydrogen-bond acceptors (Lipinski definition) is 5. The smallest absolute Gasteiger partial charge is 0.291 e. The zero-order valence-electron chi connectivity index (χ0n) is 14.1. The number of oxazole rings is 1. The molecule has 0 saturated carbocycles. The van der Waals surface area contributed by atoms with Crippen LogP contribution in [0.2, 0.25) is 0 Å². The van der Waals surface area contributed by atoms with Gasteiger partial charge in [-0.05, 0) is 34.2 Å². The zero-order chi connectivity index (χ0) is 16.8. The number of carbonyl (C=O) groups is 2. The van der Waals surface area contributed by atoms with Crippen LogP contribution in [0, 0.1) is 12.3 Å². The van der Waals surface area contributed by atoms with Crippen LogP contribution >= 0.6 is 0 Å². The summed E-state index contributed by atoms with van der Waals surface area (Å²) in [6.45, 7) is 7.87. The van der Waals surface area contributed by atoms with Crippen molar-refractivity contribution in [2.45, 2.75) is 39.3 Å². The number of carbonyl (C=O) groups excluding carboxylic acids is 2. The number of aromatic nitrogens is 1. The van der Waals surface area contributed by atoms with Crippen LogP contribution in [0.4, 0.5) is 0 Å². The normalized spacial score (nSPS) is 23.3. The number of aryl methyl sites for hydroxylation is 1. The van der Waals surface area contributed by atoms with E-state index >= 15 is 0 Å². The van der Waals surface area contributed by atoms with E-state index in [1.54, 1.807) is 11.8 Å². The minimum absolute atomic E-state index is 0.0251. The molecule has 1 aromatic rings. The van der Waals surface area contributed by atoms with Gasteiger partial charge in [0.15, 0.2) is 6.39 Å². The maximum atomic E-state index is 12.4. The fourth-order valence-electron chi connectivity index (χ4n) is 3.73. The van der Waals surface area contributed by atoms with Crippen molar-refractivity contribution in [3.8, 4) is 0 Å². The van der Waals surface area contributed by atoms with Gasteiger partial charge in [-0.1, -0.05) is 0 Å². The van der Waals surface area contributed by atoms with Crippen molar-refractivity contribution < 1.29 is 14.0 Å². The number of nitrogens with zero attached hydrogens (tertiary/aromatic N) is 3. The third-order valence-electron chi connectivity index (χ3n) is 4.76. The average Bonchev–Trinajstić information content (AvgIpc) is 2.99. The van der Waals surface area contributed by atoms with Gasteiger partial charge in [-0.25, -0.2) is 4.98 Å². The van der Waals surface area contributed by atoms with E-state index in [4.69, 9.17) is 4.42 Å². The van der Waals surface area contributed by atoms with Gasteiger partial charge in [-0.3, -0.25) is 14.5 Å². The molecule has 3 rings (SSSR count). The number of rotatable bonds is 3. The number of likely N-dealkylation sites (N-methyl/N-ethyl adjacent to an activating group) is 1. The van der Waals surface area contributed by atoms with Crippen molar-refractivity contribution in [1.29, 1.82) is 0 Å². The highest BCUT2D eigenvalue weighted by molar-refractivity contribution is 5.93. The predicted octanol–water partition coefficient (Wildman–Crippen LogP) is 0.654. The first kappa shape index (κ1) is 16.0. The van der Waals surface area contributed by atoms with E-state index in [1.165, 1.54) is 6.39 Å². The molecule has 0 radical (unpaired) electrons. The molecule has 0 aromatic carbocycles. The first-order valence-electron chi connectivity index (χ1n) is 8.01. The van der Waals surface area contributed by atoms with Crippen LogP contribution in [0.25, 0.3) is 0 Å². The fourth-order valence-corrected chi connectivity index (χ4v) is 3.73. The van der Waals surface area contributed by atoms with Crippen molar-refractivity contribution in [2.75, 3.05) is 26.7 Å². The second kappa shape index (κ2) is 5.63. The maximum absolute atomic E-state index is 12.4. The van der Waals surface area contributed by atoms with E-state index in [2.05, 4.69) is 15.2 Å². The van der Waals surface area contributed by atoms with Crippen LogP contribution < -0.4 is 5.32 Å². The van der Waals surface area contributed by atoms with Crippen LogP contribution in [-0.4, -0.2) is 65.4 Å². The Balaban J connectivity index is 1.61. The molecule has 126 valence electrons. The highest BCUT2D eigenvalue weighted by Crippen LogP contribution is 2.42. The molecule has 23 heavy (non-hydrogen) atoms. The van der Waals surface area contributed by atoms with Crippen molar-refractivity contribution >= 4 is 11.8 Å². The van der Waals surface area contributed by atoms with Gasteiger partial charge >= 0.3 is 0 Å². The molecule has 2 aliphatic rings. The molecule has 1 aromatic heterocycles. The maximum Gasteiger partial charge on any atom is 0.291 e. The third-order valence-corrected chi connectivity index (χ3v) is 4.76. The zero-order valence-corrected chi connectivity index (χ0v) is 14.1. The van der Waals surface area contributed by atoms with Crippen LogP contribution in [0.1, 0.15) is 36.5 Å². The van der Waals surface area contributed by atoms with Crippen molar-refractivity contribution in [2.24, 2.45) is 5.41 Å². The summed E-state index contributed by atoms with van der Waals surface area (Å²) in [5.74, 6) is 0.291. The molecular weight excluding hydrogens is 296 g/mol. The molecule has 1 N–H and O–H groups in total. The first-order valence-corrected chi connectivity index (χ1v) is 8.01. The third kappa shape index (κ3) is 2.85. The Bertz CT molecular complexity index is 619. The molecule has 3 heterocycles. The summed E-state index contributed by atoms with van der Waals surface area (Å²) in [7, 11) is 1.98. The molecule has 2 fully saturated rings. The van der Waals surface area contributed by atoms with Gasteiger partial charge in [0.25, 0.3) is 5.91 Å². The fraction of sp³-hybridized carbons (Fsp3) is 0.688. The molecule has 7 nitrogen and oxygen atoms in total. The highest BCUT2D eigenvalue weighted by Gasteiger charge is 2.53. The first-order chi connectivity index (χ1) is 10.8. The molecule has 2 aliphatic heterocycles. The largest absolute Gasteiger partial charge is 0.438 e. The molecule has 1 spiro atoms. The van der Waals surface area contributed by atoms with Crippen LogP contribution in [0.5, 0.6) is 0 Å². The quantitative estimate of drug-likeness (QED) is 0.885. The van der Waals surface area contributed by atoms with Gasteiger partial charge in [0, 0.05) is 31.1 Å². The van der Waals surface area contributed by atoms with E-state index < -0.39 is 0 Å². The van der Waals surface area contributed by atoms with Crippen molar-refractivity contribution in [3.63, 3.8) is 0 Å². The summed E-state index contributed by atoms with van der Waals surface area (Å²) in [4.78, 5) is 32.5. The number of hydrogen-bond donors (Lipinski definition) is 1. The van der Waals surface area contributed by atoms with Gasteiger partial charge in [0.1, 0.15) is 0 Å². The van der Waals surface area contributed by atoms with Gasteiger partial charge in [0.05, 0.1) is 11.7 Å². The second-order valence-corrected chi connectivity index (χ2v) is 7.23. The average molecular weight is 320 g/mol. The van der Waals surface area contributed by atoms with Crippen molar-refractivity contribution in [1.82, 2.24) is 20.1 Å². The van der Waals surface area contributed by atoms with Crippen LogP contribution in [-0.2, 0) is 4.79 Å². The summed E-state index contributed by atoms with van der Waals surface area (Å²) in [5.41, 5.74) is 0.644. The molecule has 1 atom stereocenters. The lowest BCUT2D eigenvalue weighted by Crippen LogP contribution is -2.59. The minimum Gasteiger partial charge on any atom is -0.438 e. The van der Waals surface area contributed by atoms with E-state index in [9.17, 15) is 9.59 Å². The Morgan fingerprint density at radius 3 is 2.65 bits per heavy atom. The highest BCUT2D eigenvalue weighted by atomic mass is 16.3. The topological polar surface area (TPSA) is 78.7 Å². The number of likely N-dealkylation sites (tertiary alicyclic amines) is 2. The molecule has 0 aliphatic carbocycles. The van der Waals surface area contributed by atoms with Gasteiger partial charge < -0.3 is 14.6 Å². The van der Waals surface area contributed by atoms with Crippen LogP contribution in [0.3, 0.4) is 0 Å². The Kier molecular flexibility index (Phi) is 3.91. The summed E-state index contributed by atoms with van der Waals surface area (Å²) < 4.78 is 5.18. The lowest BCUT2D eigenvalue weighted by atomic mass is 9.77. The van der Waals surface area contributed by atoms with Gasteiger partial charge in [0.2, 0.25) is 11.7 Å². The summed E-state index contributed by atoms with van der Waals surface area (Å²) in [6, 6.07) is 0.0306. The molecule has 0 bridgehead atoms. The SMILES string of the molecule is Cc1ncoc1C(=O)N1CC2(CC(C(=O)NC(C)C)N(C)C2)C1. The van der Waals surface area contributed by atoms with Crippen LogP contribution in [0.15, 0.2) is 10.8 Å². The standard InChI is InChI=1S/C16H24N4O3/c1-10(2)18-14(21)12-5-16(6-19(12)4)7-20(8-16)15(22)13-11(3)17-9-23-13/h9-10,12H,5-8H2,1-4H3,(H,18,21). The van der Waals surface area contributed by atoms with E-state index in [0.29, 0.717) is 24.5 Å². The molecule has 7 heteroatoms. The van der Waals surface area contributed by atoms with E-state index in [-0.39, 0.29) is 29.3 Å². The van der Waals surface area contributed by atoms with E-state index in [0.717, 1.165) is 13.0 Å². The molecular formula is C16H24N4O3. The Labute approximate surface area is 136 Å². The summed E-state index contributed by atoms with van der Waals surface area (Å²) >= 11 is 0. The van der Waals surface area contributed by atoms with Crippen molar-refractivity contribution in [3.05, 3.63) is 17.8 Å². The lowest BCUT2D eigenvalue weighted by molar-refractivity contribution is -0.125. The monoisotopic (exact) mass is 320 g/mol. The molecule has 1 unspecified atom stereocenters. The Morgan fingerprint density at radius 2 is 2.09 bits per heavy atom. The summed E-state index contributed by atoms with van der Waals surface area (Å²) in [5, 5.41) is 2.98. The molecule has 2 amide bonds. The minimum atomic E-state index is -0.110. The Hall–Kier alpha value is -1.89. The predicted molar refractivity (Wildman–Crippen MR) is 83.9 cm³/mol. The number of nitrogens with one attached hydrogen (secondary N) is 1. The number of amides is 2. The summed E-state index contributed by atoms with van der Waals surface area (Å²) in [6.07, 6.45) is 2.09. The van der Waals surface area contributed by atoms with Gasteiger partial charge in [-0.2, -0.15) is 0 Å². The van der Waals surface area contributed by atoms with Gasteiger partial charge in [-0.15, -0.1) is 0 Å². The Morgan fingerprint density at radius 1 is 1.39 bits per heavy atom. The lowest BCUT2D eigenvalue weighted by Gasteiger charge is -2.47. The van der Waals surface area contributed by atoms with E-state index in [1.807, 2.05) is 20.9 Å². The molecule has 2 saturated heterocycles. The second-order valence-electron chi connectivity index (χ2n) is 7.23.